The van der Waals surface area contributed by atoms with E-state index < -0.39 is 18.1 Å². The first-order valence-electron chi connectivity index (χ1n) is 11.5. The van der Waals surface area contributed by atoms with Gasteiger partial charge in [0.2, 0.25) is 5.92 Å². The molecule has 3 heterocycles. The van der Waals surface area contributed by atoms with E-state index in [0.717, 1.165) is 6.21 Å². The van der Waals surface area contributed by atoms with Crippen molar-refractivity contribution < 1.29 is 27.8 Å². The lowest BCUT2D eigenvalue weighted by atomic mass is 9.81. The number of halogens is 2. The van der Waals surface area contributed by atoms with Gasteiger partial charge < -0.3 is 35.4 Å². The molecule has 10 nitrogen and oxygen atoms in total. The first-order chi connectivity index (χ1) is 16.3. The van der Waals surface area contributed by atoms with Gasteiger partial charge in [-0.05, 0) is 30.4 Å². The number of imidazole rings is 1. The van der Waals surface area contributed by atoms with Crippen LogP contribution in [0.5, 0.6) is 0 Å². The number of aromatic nitrogens is 2. The summed E-state index contributed by atoms with van der Waals surface area (Å²) in [4.78, 5) is 33.4. The summed E-state index contributed by atoms with van der Waals surface area (Å²) in [5, 5.41) is 13.2. The summed E-state index contributed by atoms with van der Waals surface area (Å²) in [6.07, 6.45) is 3.86. The molecule has 1 aromatic rings. The Bertz CT molecular complexity index is 922. The highest BCUT2D eigenvalue weighted by Crippen LogP contribution is 2.41. The Hall–Kier alpha value is -3.02. The molecule has 0 bridgehead atoms. The maximum Gasteiger partial charge on any atom is 0.407 e. The lowest BCUT2D eigenvalue weighted by molar-refractivity contribution is -0.0595. The molecule has 186 valence electrons. The van der Waals surface area contributed by atoms with Gasteiger partial charge in [0.05, 0.1) is 24.9 Å². The number of amides is 3. The number of carbonyl (C=O) groups is 2. The number of urea groups is 1. The molecular weight excluding hydrogens is 450 g/mol. The fourth-order valence-corrected chi connectivity index (χ4v) is 4.35. The molecule has 12 heteroatoms. The summed E-state index contributed by atoms with van der Waals surface area (Å²) in [5.41, 5.74) is 1.08. The summed E-state index contributed by atoms with van der Waals surface area (Å²) < 4.78 is 37.9. The number of H-pyrrole nitrogens is 1. The first kappa shape index (κ1) is 24.1. The molecule has 4 rings (SSSR count). The number of ether oxygens (including phenoxy) is 2. The van der Waals surface area contributed by atoms with E-state index >= 15 is 0 Å². The van der Waals surface area contributed by atoms with E-state index in [2.05, 4.69) is 20.6 Å². The van der Waals surface area contributed by atoms with E-state index in [1.807, 2.05) is 0 Å². The number of rotatable bonds is 9. The van der Waals surface area contributed by atoms with Crippen molar-refractivity contribution in [1.82, 2.24) is 25.5 Å². The second kappa shape index (κ2) is 10.5. The van der Waals surface area contributed by atoms with Crippen LogP contribution in [0, 0.1) is 17.2 Å². The monoisotopic (exact) mass is 480 g/mol. The van der Waals surface area contributed by atoms with Crippen LogP contribution in [0.4, 0.5) is 18.4 Å². The standard InChI is InChI=1S/C22H30F2N6O4/c23-22(24)3-1-16(2-4-22)19(29-21(32)34-13-15-11-33-12-15)17-9-27-18(28-17)7-14(8-25)10-30-6-5-26-20(30)31/h7-9,15-16,19,25H,1-6,10-13H2,(H,26,31)(H,27,28)(H,29,32)/b14-7+,25-8?/t19-/m0/s1. The summed E-state index contributed by atoms with van der Waals surface area (Å²) in [6, 6.07) is -0.773. The average Bonchev–Trinajstić information content (AvgIpc) is 3.39. The summed E-state index contributed by atoms with van der Waals surface area (Å²) in [6.45, 7) is 2.73. The van der Waals surface area contributed by atoms with Crippen LogP contribution in [0.2, 0.25) is 0 Å². The minimum absolute atomic E-state index is 0.178. The Balaban J connectivity index is 1.46. The van der Waals surface area contributed by atoms with Crippen molar-refractivity contribution in [3.8, 4) is 0 Å². The number of hydrogen-bond donors (Lipinski definition) is 4. The Morgan fingerprint density at radius 1 is 1.41 bits per heavy atom. The Morgan fingerprint density at radius 3 is 2.79 bits per heavy atom. The molecule has 0 spiro atoms. The van der Waals surface area contributed by atoms with Gasteiger partial charge in [0.15, 0.2) is 0 Å². The second-order valence-electron chi connectivity index (χ2n) is 9.04. The van der Waals surface area contributed by atoms with Crippen LogP contribution in [0.3, 0.4) is 0 Å². The van der Waals surface area contributed by atoms with Gasteiger partial charge in [0.25, 0.3) is 0 Å². The molecule has 1 atom stereocenters. The van der Waals surface area contributed by atoms with Crippen molar-refractivity contribution in [3.63, 3.8) is 0 Å². The van der Waals surface area contributed by atoms with Crippen LogP contribution >= 0.6 is 0 Å². The summed E-state index contributed by atoms with van der Waals surface area (Å²) in [7, 11) is 0. The molecule has 3 aliphatic rings. The van der Waals surface area contributed by atoms with Gasteiger partial charge in [0.1, 0.15) is 12.4 Å². The van der Waals surface area contributed by atoms with Gasteiger partial charge >= 0.3 is 12.1 Å². The third-order valence-corrected chi connectivity index (χ3v) is 6.43. The van der Waals surface area contributed by atoms with Crippen molar-refractivity contribution in [2.75, 3.05) is 39.5 Å². The molecule has 2 aliphatic heterocycles. The first-order valence-corrected chi connectivity index (χ1v) is 11.5. The SMILES string of the molecule is N=C/C(=C\c1nc([C@@H](NC(=O)OCC2COC2)C2CCC(F)(F)CC2)c[nH]1)CN1CCNC1=O. The predicted octanol–water partition coefficient (Wildman–Crippen LogP) is 2.71. The third-order valence-electron chi connectivity index (χ3n) is 6.43. The van der Waals surface area contributed by atoms with Crippen molar-refractivity contribution >= 4 is 24.4 Å². The van der Waals surface area contributed by atoms with E-state index in [1.54, 1.807) is 17.2 Å². The molecule has 1 aromatic heterocycles. The Labute approximate surface area is 196 Å². The molecule has 1 saturated carbocycles. The van der Waals surface area contributed by atoms with Crippen LogP contribution in [0.25, 0.3) is 6.08 Å². The topological polar surface area (TPSA) is 132 Å². The molecule has 34 heavy (non-hydrogen) atoms. The summed E-state index contributed by atoms with van der Waals surface area (Å²) in [5.74, 6) is -2.28. The number of hydrogen-bond acceptors (Lipinski definition) is 6. The maximum absolute atomic E-state index is 13.7. The zero-order valence-electron chi connectivity index (χ0n) is 18.8. The molecule has 0 radical (unpaired) electrons. The van der Waals surface area contributed by atoms with Gasteiger partial charge in [-0.2, -0.15) is 0 Å². The number of carbonyl (C=O) groups excluding carboxylic acids is 2. The molecule has 2 saturated heterocycles. The van der Waals surface area contributed by atoms with E-state index in [4.69, 9.17) is 14.9 Å². The Kier molecular flexibility index (Phi) is 7.44. The number of alkyl carbamates (subject to hydrolysis) is 1. The van der Waals surface area contributed by atoms with E-state index in [-0.39, 0.29) is 56.7 Å². The molecule has 3 amide bonds. The van der Waals surface area contributed by atoms with E-state index in [0.29, 0.717) is 43.4 Å². The van der Waals surface area contributed by atoms with Crippen LogP contribution in [0.1, 0.15) is 43.2 Å². The smallest absolute Gasteiger partial charge is 0.407 e. The zero-order chi connectivity index (χ0) is 24.1. The highest BCUT2D eigenvalue weighted by Gasteiger charge is 2.39. The fraction of sp³-hybridized carbons (Fsp3) is 0.636. The fourth-order valence-electron chi connectivity index (χ4n) is 4.35. The summed E-state index contributed by atoms with van der Waals surface area (Å²) >= 11 is 0. The van der Waals surface area contributed by atoms with Crippen LogP contribution in [-0.2, 0) is 9.47 Å². The molecular formula is C22H30F2N6O4. The second-order valence-corrected chi connectivity index (χ2v) is 9.04. The van der Waals surface area contributed by atoms with E-state index in [9.17, 15) is 18.4 Å². The normalized spacial score (nSPS) is 22.1. The third kappa shape index (κ3) is 6.10. The predicted molar refractivity (Wildman–Crippen MR) is 119 cm³/mol. The lowest BCUT2D eigenvalue weighted by Crippen LogP contribution is -2.39. The quantitative estimate of drug-likeness (QED) is 0.404. The molecule has 3 fully saturated rings. The minimum Gasteiger partial charge on any atom is -0.449 e. The lowest BCUT2D eigenvalue weighted by Gasteiger charge is -2.33. The van der Waals surface area contributed by atoms with E-state index in [1.165, 1.54) is 0 Å². The highest BCUT2D eigenvalue weighted by atomic mass is 19.3. The molecule has 0 unspecified atom stereocenters. The van der Waals surface area contributed by atoms with Crippen LogP contribution in [-0.4, -0.2) is 78.6 Å². The van der Waals surface area contributed by atoms with Crippen molar-refractivity contribution in [3.05, 3.63) is 23.3 Å². The van der Waals surface area contributed by atoms with Gasteiger partial charge in [-0.25, -0.2) is 23.4 Å². The zero-order valence-corrected chi connectivity index (χ0v) is 18.8. The largest absolute Gasteiger partial charge is 0.449 e. The van der Waals surface area contributed by atoms with Gasteiger partial charge in [-0.3, -0.25) is 0 Å². The highest BCUT2D eigenvalue weighted by molar-refractivity contribution is 5.85. The minimum atomic E-state index is -2.69. The van der Waals surface area contributed by atoms with Crippen molar-refractivity contribution in [1.29, 1.82) is 5.41 Å². The van der Waals surface area contributed by atoms with Crippen LogP contribution in [0.15, 0.2) is 11.8 Å². The number of aromatic amines is 1. The Morgan fingerprint density at radius 2 is 2.18 bits per heavy atom. The molecule has 4 N–H and O–H groups in total. The molecule has 1 aliphatic carbocycles. The van der Waals surface area contributed by atoms with Crippen molar-refractivity contribution in [2.24, 2.45) is 11.8 Å². The van der Waals surface area contributed by atoms with Gasteiger partial charge in [-0.1, -0.05) is 0 Å². The average molecular weight is 481 g/mol. The number of nitrogens with zero attached hydrogens (tertiary/aromatic N) is 2. The molecule has 0 aromatic carbocycles. The maximum atomic E-state index is 13.7. The van der Waals surface area contributed by atoms with Gasteiger partial charge in [-0.15, -0.1) is 0 Å². The van der Waals surface area contributed by atoms with Crippen LogP contribution < -0.4 is 10.6 Å². The number of alkyl halides is 2. The van der Waals surface area contributed by atoms with Crippen molar-refractivity contribution in [2.45, 2.75) is 37.6 Å². The number of nitrogens with one attached hydrogen (secondary N) is 4. The van der Waals surface area contributed by atoms with Gasteiger partial charge in [0, 0.05) is 50.8 Å².